The van der Waals surface area contributed by atoms with Gasteiger partial charge in [0.2, 0.25) is 5.91 Å². The Bertz CT molecular complexity index is 2220. The molecule has 0 saturated heterocycles. The van der Waals surface area contributed by atoms with Crippen molar-refractivity contribution in [1.29, 1.82) is 0 Å². The third-order valence-electron chi connectivity index (χ3n) is 15.5. The molecule has 3 N–H and O–H groups in total. The van der Waals surface area contributed by atoms with E-state index in [1.54, 1.807) is 6.08 Å². The van der Waals surface area contributed by atoms with Gasteiger partial charge in [-0.25, -0.2) is 0 Å². The highest BCUT2D eigenvalue weighted by molar-refractivity contribution is 6.18. The second kappa shape index (κ2) is 11.4. The molecule has 0 unspecified atom stereocenters. The maximum Gasteiger partial charge on any atom is 0.243 e. The van der Waals surface area contributed by atoms with Crippen LogP contribution >= 0.6 is 0 Å². The molecule has 2 aliphatic heterocycles. The Balaban J connectivity index is 1.18. The molecule has 2 aromatic carbocycles. The van der Waals surface area contributed by atoms with Gasteiger partial charge in [-0.3, -0.25) is 9.59 Å². The van der Waals surface area contributed by atoms with Crippen molar-refractivity contribution < 1.29 is 24.5 Å². The Hall–Kier alpha value is -3.78. The molecule has 54 heavy (non-hydrogen) atoms. The summed E-state index contributed by atoms with van der Waals surface area (Å²) in [5.41, 5.74) is 6.54. The van der Waals surface area contributed by atoms with Crippen molar-refractivity contribution in [3.8, 4) is 0 Å². The molecule has 7 heteroatoms. The monoisotopic (exact) mass is 728 g/mol. The summed E-state index contributed by atoms with van der Waals surface area (Å²) in [4.78, 5) is 28.1. The Kier molecular flexibility index (Phi) is 7.57. The predicted molar refractivity (Wildman–Crippen MR) is 212 cm³/mol. The second-order valence-corrected chi connectivity index (χ2v) is 19.4. The van der Waals surface area contributed by atoms with Crippen LogP contribution in [0.4, 0.5) is 0 Å². The molecule has 6 aliphatic rings. The number of allylic oxidation sites excluding steroid dienone is 1. The average Bonchev–Trinajstić information content (AvgIpc) is 3.77. The van der Waals surface area contributed by atoms with E-state index in [0.717, 1.165) is 64.4 Å². The molecule has 1 aromatic heterocycles. The lowest BCUT2D eigenvalue weighted by Crippen LogP contribution is -2.62. The quantitative estimate of drug-likeness (QED) is 0.181. The molecule has 0 spiro atoms. The molecule has 284 valence electrons. The van der Waals surface area contributed by atoms with Crippen LogP contribution in [0.2, 0.25) is 0 Å². The van der Waals surface area contributed by atoms with E-state index in [-0.39, 0.29) is 34.4 Å². The molecule has 9 atom stereocenters. The van der Waals surface area contributed by atoms with Crippen molar-refractivity contribution in [2.24, 2.45) is 28.6 Å². The zero-order valence-corrected chi connectivity index (χ0v) is 33.2. The van der Waals surface area contributed by atoms with E-state index in [1.807, 2.05) is 43.3 Å². The highest BCUT2D eigenvalue weighted by Crippen LogP contribution is 2.71. The first kappa shape index (κ1) is 35.9. The summed E-state index contributed by atoms with van der Waals surface area (Å²) in [7, 11) is 0. The largest absolute Gasteiger partial charge is 0.392 e. The number of carbonyl (C=O) groups excluding carboxylic acids is 2. The van der Waals surface area contributed by atoms with Gasteiger partial charge in [0.15, 0.2) is 5.78 Å². The van der Waals surface area contributed by atoms with Gasteiger partial charge in [0.1, 0.15) is 6.04 Å². The fraction of sp³-hybridized carbons (Fsp3) is 0.532. The van der Waals surface area contributed by atoms with E-state index < -0.39 is 34.9 Å². The smallest absolute Gasteiger partial charge is 0.243 e. The first-order valence-electron chi connectivity index (χ1n) is 20.1. The summed E-state index contributed by atoms with van der Waals surface area (Å²) in [6.45, 7) is 22.1. The topological polar surface area (TPSA) is 101 Å². The number of amides is 1. The first-order chi connectivity index (χ1) is 25.4. The van der Waals surface area contributed by atoms with Crippen LogP contribution < -0.4 is 5.32 Å². The number of aliphatic hydroxyl groups excluding tert-OH is 2. The van der Waals surface area contributed by atoms with E-state index in [0.29, 0.717) is 24.4 Å². The van der Waals surface area contributed by atoms with Gasteiger partial charge in [0.25, 0.3) is 0 Å². The second-order valence-electron chi connectivity index (χ2n) is 19.4. The van der Waals surface area contributed by atoms with Crippen molar-refractivity contribution in [3.63, 3.8) is 0 Å². The number of Topliss-reactive ketones (excluding diaryl/α,β-unsaturated/α-hetero) is 1. The van der Waals surface area contributed by atoms with Crippen LogP contribution in [0.15, 0.2) is 66.8 Å². The normalized spacial score (nSPS) is 36.7. The Labute approximate surface area is 319 Å². The maximum atomic E-state index is 14.9. The number of fused-ring (bicyclic) bond motifs is 11. The minimum absolute atomic E-state index is 0.0244. The molecular weight excluding hydrogens is 673 g/mol. The van der Waals surface area contributed by atoms with Crippen molar-refractivity contribution in [2.45, 2.75) is 129 Å². The summed E-state index contributed by atoms with van der Waals surface area (Å²) in [5, 5.41) is 28.2. The molecule has 2 saturated carbocycles. The van der Waals surface area contributed by atoms with Crippen LogP contribution in [0.25, 0.3) is 16.5 Å². The van der Waals surface area contributed by atoms with Crippen molar-refractivity contribution in [2.75, 3.05) is 0 Å². The van der Waals surface area contributed by atoms with Gasteiger partial charge < -0.3 is 24.8 Å². The molecule has 0 radical (unpaired) electrons. The van der Waals surface area contributed by atoms with Crippen LogP contribution in [0.3, 0.4) is 0 Å². The number of hydrogen-bond acceptors (Lipinski definition) is 5. The van der Waals surface area contributed by atoms with E-state index in [1.165, 1.54) is 11.3 Å². The number of aliphatic hydroxyl groups is 2. The van der Waals surface area contributed by atoms with Crippen LogP contribution in [-0.4, -0.2) is 43.8 Å². The molecular formula is C47H56N2O5. The lowest BCUT2D eigenvalue weighted by atomic mass is 9.40. The summed E-state index contributed by atoms with van der Waals surface area (Å²) < 4.78 is 8.89. The Morgan fingerprint density at radius 3 is 2.48 bits per heavy atom. The Morgan fingerprint density at radius 1 is 1.06 bits per heavy atom. The fourth-order valence-electron chi connectivity index (χ4n) is 13.2. The van der Waals surface area contributed by atoms with Gasteiger partial charge in [-0.2, -0.15) is 0 Å². The highest BCUT2D eigenvalue weighted by atomic mass is 16.5. The third-order valence-corrected chi connectivity index (χ3v) is 15.5. The average molecular weight is 729 g/mol. The molecule has 9 rings (SSSR count). The van der Waals surface area contributed by atoms with Crippen LogP contribution in [0, 0.1) is 28.6 Å². The lowest BCUT2D eigenvalue weighted by Gasteiger charge is -2.64. The third kappa shape index (κ3) is 4.52. The molecule has 0 bridgehead atoms. The van der Waals surface area contributed by atoms with Crippen molar-refractivity contribution in [1.82, 2.24) is 9.88 Å². The lowest BCUT2D eigenvalue weighted by molar-refractivity contribution is -0.145. The number of nitrogens with one attached hydrogen (secondary N) is 1. The standard InChI is InChI=1S/C47H56N2O5/c1-25(2)38-41(53)36-35-28(31-23-43(3,4)54-44(5,6)37(31)40(35)52)22-29-30-21-27-15-16-32-45(7,19-18-34(51)48-24-26-13-11-10-12-14-26)33(50)17-20-46(32,8)47(27,9)42(30)49(38)39(29)36/h10-14,18-19,22-23,27,32-33,37-38,40,50,52H,1,15-17,20-21,24H2,2-9H3,(H,48,51)/b19-18+/t27-,32-,33-,37+,38-,40+,45-,46-,47+/m0/s1. The van der Waals surface area contributed by atoms with Gasteiger partial charge >= 0.3 is 0 Å². The van der Waals surface area contributed by atoms with Gasteiger partial charge in [0.05, 0.1) is 34.5 Å². The summed E-state index contributed by atoms with van der Waals surface area (Å²) in [6, 6.07) is 11.7. The molecule has 2 fully saturated rings. The summed E-state index contributed by atoms with van der Waals surface area (Å²) in [6.07, 6.45) is 8.74. The first-order valence-corrected chi connectivity index (χ1v) is 20.1. The molecule has 3 heterocycles. The predicted octanol–water partition coefficient (Wildman–Crippen LogP) is 8.47. The highest BCUT2D eigenvalue weighted by Gasteiger charge is 2.68. The molecule has 3 aromatic rings. The SMILES string of the molecule is C=C(C)[C@H]1C(=O)c2c3c(cc4c5c(n1c24)[C@@]1(C)[C@@H](CC[C@H]2[C@](C)(/C=C/C(=O)NCc4ccccc4)[C@@H](O)CC[C@@]21C)C5)C1=CC(C)(C)OC(C)(C)[C@H]1[C@@H]3O. The maximum absolute atomic E-state index is 14.9. The van der Waals surface area contributed by atoms with Gasteiger partial charge in [-0.15, -0.1) is 0 Å². The number of hydrogen-bond donors (Lipinski definition) is 3. The summed E-state index contributed by atoms with van der Waals surface area (Å²) in [5.74, 6) is 0.0608. The fourth-order valence-corrected chi connectivity index (χ4v) is 13.2. The number of carbonyl (C=O) groups is 2. The van der Waals surface area contributed by atoms with Crippen molar-refractivity contribution in [3.05, 3.63) is 100 Å². The minimum atomic E-state index is -0.861. The molecule has 4 aliphatic carbocycles. The van der Waals surface area contributed by atoms with Gasteiger partial charge in [-0.05, 0) is 124 Å². The van der Waals surface area contributed by atoms with Gasteiger partial charge in [0, 0.05) is 39.9 Å². The zero-order valence-electron chi connectivity index (χ0n) is 33.2. The molecule has 1 amide bonds. The summed E-state index contributed by atoms with van der Waals surface area (Å²) >= 11 is 0. The Morgan fingerprint density at radius 2 is 1.78 bits per heavy atom. The van der Waals surface area contributed by atoms with Crippen molar-refractivity contribution >= 4 is 28.2 Å². The number of benzene rings is 2. The zero-order chi connectivity index (χ0) is 38.5. The number of nitrogens with zero attached hydrogens (tertiary/aromatic N) is 1. The van der Waals surface area contributed by atoms with E-state index in [2.05, 4.69) is 77.1 Å². The van der Waals surface area contributed by atoms with E-state index in [9.17, 15) is 19.8 Å². The number of aromatic nitrogens is 1. The van der Waals surface area contributed by atoms with E-state index >= 15 is 0 Å². The minimum Gasteiger partial charge on any atom is -0.392 e. The van der Waals surface area contributed by atoms with Crippen LogP contribution in [0.1, 0.15) is 132 Å². The number of rotatable bonds is 5. The number of ether oxygens (including phenoxy) is 1. The molecule has 7 nitrogen and oxygen atoms in total. The number of ketones is 1. The van der Waals surface area contributed by atoms with Crippen LogP contribution in [0.5, 0.6) is 0 Å². The van der Waals surface area contributed by atoms with E-state index in [4.69, 9.17) is 4.74 Å². The van der Waals surface area contributed by atoms with Gasteiger partial charge in [-0.1, -0.05) is 69.3 Å². The van der Waals surface area contributed by atoms with Crippen LogP contribution in [-0.2, 0) is 27.9 Å².